The highest BCUT2D eigenvalue weighted by Gasteiger charge is 2.22. The maximum atomic E-state index is 13.4. The van der Waals surface area contributed by atoms with Crippen LogP contribution in [0.3, 0.4) is 0 Å². The number of nitrogens with one attached hydrogen (secondary N) is 1. The van der Waals surface area contributed by atoms with Crippen molar-refractivity contribution in [3.63, 3.8) is 0 Å². The highest BCUT2D eigenvalue weighted by atomic mass is 19.1. The SMILES string of the molecule is COc1ccc(NC(=O)Cn2c(C(=O)OC(C)C)cc3c2ccn3-c2ccc(F)cc2)cc1. The zero-order valence-electron chi connectivity index (χ0n) is 18.5. The molecule has 0 radical (unpaired) electrons. The molecule has 1 N–H and O–H groups in total. The van der Waals surface area contributed by atoms with Crippen LogP contribution in [0.25, 0.3) is 16.7 Å². The van der Waals surface area contributed by atoms with Gasteiger partial charge in [0.2, 0.25) is 5.91 Å². The van der Waals surface area contributed by atoms with Gasteiger partial charge in [-0.15, -0.1) is 0 Å². The molecule has 2 aromatic heterocycles. The Morgan fingerprint density at radius 1 is 1.00 bits per heavy atom. The summed E-state index contributed by atoms with van der Waals surface area (Å²) in [7, 11) is 1.57. The number of hydrogen-bond donors (Lipinski definition) is 1. The van der Waals surface area contributed by atoms with E-state index >= 15 is 0 Å². The van der Waals surface area contributed by atoms with Crippen LogP contribution in [0.5, 0.6) is 5.75 Å². The van der Waals surface area contributed by atoms with Crippen molar-refractivity contribution in [1.29, 1.82) is 0 Å². The van der Waals surface area contributed by atoms with Crippen molar-refractivity contribution in [2.75, 3.05) is 12.4 Å². The molecule has 2 aromatic carbocycles. The van der Waals surface area contributed by atoms with Crippen LogP contribution in [0.15, 0.2) is 66.9 Å². The van der Waals surface area contributed by atoms with E-state index in [9.17, 15) is 14.0 Å². The predicted octanol–water partition coefficient (Wildman–Crippen LogP) is 4.78. The normalized spacial score (nSPS) is 11.1. The van der Waals surface area contributed by atoms with E-state index < -0.39 is 5.97 Å². The number of aromatic nitrogens is 2. The molecule has 0 bridgehead atoms. The van der Waals surface area contributed by atoms with Crippen molar-refractivity contribution < 1.29 is 23.5 Å². The minimum absolute atomic E-state index is 0.0918. The molecule has 0 saturated heterocycles. The Bertz CT molecular complexity index is 1290. The first kappa shape index (κ1) is 22.1. The average molecular weight is 449 g/mol. The van der Waals surface area contributed by atoms with Crippen molar-refractivity contribution in [2.24, 2.45) is 0 Å². The summed E-state index contributed by atoms with van der Waals surface area (Å²) in [4.78, 5) is 25.6. The number of amides is 1. The van der Waals surface area contributed by atoms with Gasteiger partial charge in [0.15, 0.2) is 0 Å². The fourth-order valence-corrected chi connectivity index (χ4v) is 3.60. The van der Waals surface area contributed by atoms with E-state index in [0.29, 0.717) is 22.5 Å². The Morgan fingerprint density at radius 2 is 1.70 bits per heavy atom. The lowest BCUT2D eigenvalue weighted by Gasteiger charge is -2.12. The van der Waals surface area contributed by atoms with Crippen molar-refractivity contribution in [3.8, 4) is 11.4 Å². The third-order valence-electron chi connectivity index (χ3n) is 5.09. The number of halogens is 1. The molecule has 0 atom stereocenters. The minimum Gasteiger partial charge on any atom is -0.497 e. The molecule has 0 aliphatic rings. The summed E-state index contributed by atoms with van der Waals surface area (Å²) in [5.41, 5.74) is 2.99. The maximum Gasteiger partial charge on any atom is 0.355 e. The van der Waals surface area contributed by atoms with E-state index in [0.717, 1.165) is 5.69 Å². The Morgan fingerprint density at radius 3 is 2.33 bits per heavy atom. The van der Waals surface area contributed by atoms with Gasteiger partial charge in [-0.05, 0) is 74.5 Å². The van der Waals surface area contributed by atoms with Crippen molar-refractivity contribution in [2.45, 2.75) is 26.5 Å². The Balaban J connectivity index is 1.68. The molecule has 7 nitrogen and oxygen atoms in total. The minimum atomic E-state index is -0.524. The fraction of sp³-hybridized carbons (Fsp3) is 0.200. The molecule has 4 rings (SSSR count). The molecule has 0 unspecified atom stereocenters. The van der Waals surface area contributed by atoms with Gasteiger partial charge in [0.25, 0.3) is 0 Å². The molecule has 33 heavy (non-hydrogen) atoms. The first-order valence-corrected chi connectivity index (χ1v) is 10.5. The monoisotopic (exact) mass is 449 g/mol. The molecule has 0 saturated carbocycles. The highest BCUT2D eigenvalue weighted by molar-refractivity contribution is 5.98. The van der Waals surface area contributed by atoms with E-state index in [2.05, 4.69) is 5.32 Å². The van der Waals surface area contributed by atoms with E-state index in [1.165, 1.54) is 12.1 Å². The molecular weight excluding hydrogens is 425 g/mol. The van der Waals surface area contributed by atoms with E-state index in [-0.39, 0.29) is 30.1 Å². The molecule has 0 fully saturated rings. The number of esters is 1. The number of methoxy groups -OCH3 is 1. The number of fused-ring (bicyclic) bond motifs is 1. The smallest absolute Gasteiger partial charge is 0.355 e. The van der Waals surface area contributed by atoms with Crippen molar-refractivity contribution in [3.05, 3.63) is 78.4 Å². The van der Waals surface area contributed by atoms with Gasteiger partial charge in [0.05, 0.1) is 24.2 Å². The number of nitrogens with zero attached hydrogens (tertiary/aromatic N) is 2. The quantitative estimate of drug-likeness (QED) is 0.412. The first-order valence-electron chi connectivity index (χ1n) is 10.5. The van der Waals surface area contributed by atoms with Gasteiger partial charge in [-0.3, -0.25) is 4.79 Å². The third kappa shape index (κ3) is 4.74. The molecule has 0 aliphatic heterocycles. The lowest BCUT2D eigenvalue weighted by atomic mass is 10.3. The van der Waals surface area contributed by atoms with E-state index in [4.69, 9.17) is 9.47 Å². The predicted molar refractivity (Wildman–Crippen MR) is 123 cm³/mol. The molecule has 4 aromatic rings. The fourth-order valence-electron chi connectivity index (χ4n) is 3.60. The third-order valence-corrected chi connectivity index (χ3v) is 5.09. The largest absolute Gasteiger partial charge is 0.497 e. The number of ether oxygens (including phenoxy) is 2. The zero-order chi connectivity index (χ0) is 23.5. The maximum absolute atomic E-state index is 13.4. The number of anilines is 1. The second-order valence-electron chi connectivity index (χ2n) is 7.78. The van der Waals surface area contributed by atoms with Gasteiger partial charge < -0.3 is 23.9 Å². The molecule has 1 amide bonds. The van der Waals surface area contributed by atoms with Crippen molar-refractivity contribution >= 4 is 28.6 Å². The molecule has 0 spiro atoms. The van der Waals surface area contributed by atoms with Crippen LogP contribution >= 0.6 is 0 Å². The van der Waals surface area contributed by atoms with Crippen LogP contribution in [-0.4, -0.2) is 34.2 Å². The summed E-state index contributed by atoms with van der Waals surface area (Å²) in [5.74, 6) is -0.480. The standard InChI is InChI=1S/C25H24FN3O4/c1-16(2)33-25(31)23-14-22-21(12-13-28(22)19-8-4-17(26)5-9-19)29(23)15-24(30)27-18-6-10-20(32-3)11-7-18/h4-14,16H,15H2,1-3H3,(H,27,30). The molecule has 170 valence electrons. The second kappa shape index (κ2) is 9.20. The van der Waals surface area contributed by atoms with Crippen LogP contribution in [0.2, 0.25) is 0 Å². The zero-order valence-corrected chi connectivity index (χ0v) is 18.5. The summed E-state index contributed by atoms with van der Waals surface area (Å²) >= 11 is 0. The summed E-state index contributed by atoms with van der Waals surface area (Å²) in [6.45, 7) is 3.44. The van der Waals surface area contributed by atoms with Gasteiger partial charge in [-0.2, -0.15) is 0 Å². The number of carbonyl (C=O) groups is 2. The van der Waals surface area contributed by atoms with Crippen LogP contribution in [0.4, 0.5) is 10.1 Å². The van der Waals surface area contributed by atoms with Crippen molar-refractivity contribution in [1.82, 2.24) is 9.13 Å². The van der Waals surface area contributed by atoms with Crippen LogP contribution in [-0.2, 0) is 16.1 Å². The summed E-state index contributed by atoms with van der Waals surface area (Å²) < 4.78 is 27.4. The number of benzene rings is 2. The number of rotatable bonds is 7. The average Bonchev–Trinajstić information content (AvgIpc) is 3.35. The number of carbonyl (C=O) groups excluding carboxylic acids is 2. The Kier molecular flexibility index (Phi) is 6.17. The summed E-state index contributed by atoms with van der Waals surface area (Å²) in [6.07, 6.45) is 1.50. The van der Waals surface area contributed by atoms with Gasteiger partial charge in [0, 0.05) is 17.6 Å². The van der Waals surface area contributed by atoms with Gasteiger partial charge >= 0.3 is 5.97 Å². The second-order valence-corrected chi connectivity index (χ2v) is 7.78. The lowest BCUT2D eigenvalue weighted by molar-refractivity contribution is -0.116. The van der Waals surface area contributed by atoms with E-state index in [1.807, 2.05) is 16.8 Å². The first-order chi connectivity index (χ1) is 15.9. The molecular formula is C25H24FN3O4. The Labute approximate surface area is 190 Å². The van der Waals surface area contributed by atoms with Crippen LogP contribution in [0, 0.1) is 5.82 Å². The van der Waals surface area contributed by atoms with Gasteiger partial charge in [-0.25, -0.2) is 9.18 Å². The molecule has 8 heteroatoms. The summed E-state index contributed by atoms with van der Waals surface area (Å²) in [6, 6.07) is 16.5. The molecule has 0 aliphatic carbocycles. The topological polar surface area (TPSA) is 74.5 Å². The highest BCUT2D eigenvalue weighted by Crippen LogP contribution is 2.26. The van der Waals surface area contributed by atoms with E-state index in [1.54, 1.807) is 68.0 Å². The van der Waals surface area contributed by atoms with Gasteiger partial charge in [0.1, 0.15) is 23.8 Å². The van der Waals surface area contributed by atoms with Gasteiger partial charge in [-0.1, -0.05) is 0 Å². The molecule has 2 heterocycles. The Hall–Kier alpha value is -4.07. The number of hydrogen-bond acceptors (Lipinski definition) is 4. The van der Waals surface area contributed by atoms with Crippen LogP contribution < -0.4 is 10.1 Å². The van der Waals surface area contributed by atoms with Crippen LogP contribution in [0.1, 0.15) is 24.3 Å². The lowest BCUT2D eigenvalue weighted by Crippen LogP contribution is -2.22. The summed E-state index contributed by atoms with van der Waals surface area (Å²) in [5, 5.41) is 2.83.